The molecule has 2 aliphatic rings. The highest BCUT2D eigenvalue weighted by molar-refractivity contribution is 5.94. The molecule has 3 atom stereocenters. The number of unbranched alkanes of at least 4 members (excludes halogenated alkanes) is 1. The van der Waals surface area contributed by atoms with Crippen molar-refractivity contribution >= 4 is 5.91 Å². The molecule has 132 valence electrons. The second kappa shape index (κ2) is 8.49. The summed E-state index contributed by atoms with van der Waals surface area (Å²) in [5, 5.41) is 3.12. The number of hydrogen-bond donors (Lipinski definition) is 1. The molecule has 1 saturated carbocycles. The molecule has 5 heteroatoms. The number of ether oxygens (including phenoxy) is 3. The van der Waals surface area contributed by atoms with Crippen LogP contribution in [-0.2, 0) is 9.47 Å². The summed E-state index contributed by atoms with van der Waals surface area (Å²) in [6.45, 7) is 4.19. The molecule has 5 nitrogen and oxygen atoms in total. The minimum absolute atomic E-state index is 0.0321. The predicted molar refractivity (Wildman–Crippen MR) is 91.4 cm³/mol. The monoisotopic (exact) mass is 333 g/mol. The molecule has 1 amide bonds. The Labute approximate surface area is 143 Å². The van der Waals surface area contributed by atoms with Crippen molar-refractivity contribution in [2.45, 2.75) is 57.3 Å². The van der Waals surface area contributed by atoms with E-state index in [9.17, 15) is 4.79 Å². The third-order valence-corrected chi connectivity index (χ3v) is 4.70. The molecule has 24 heavy (non-hydrogen) atoms. The van der Waals surface area contributed by atoms with E-state index in [2.05, 4.69) is 12.2 Å². The molecule has 1 N–H and O–H groups in total. The molecule has 3 rings (SSSR count). The summed E-state index contributed by atoms with van der Waals surface area (Å²) in [5.74, 6) is 0.781. The van der Waals surface area contributed by atoms with Crippen LogP contribution in [0.15, 0.2) is 24.3 Å². The van der Waals surface area contributed by atoms with Crippen molar-refractivity contribution in [2.24, 2.45) is 0 Å². The van der Waals surface area contributed by atoms with Gasteiger partial charge in [0.1, 0.15) is 5.75 Å². The topological polar surface area (TPSA) is 56.8 Å². The van der Waals surface area contributed by atoms with Gasteiger partial charge in [0.05, 0.1) is 32.0 Å². The summed E-state index contributed by atoms with van der Waals surface area (Å²) in [5.41, 5.74) is 0.667. The molecule has 0 aromatic heterocycles. The minimum Gasteiger partial charge on any atom is -0.494 e. The normalized spacial score (nSPS) is 26.5. The number of hydrogen-bond acceptors (Lipinski definition) is 4. The second-order valence-electron chi connectivity index (χ2n) is 6.53. The molecule has 1 heterocycles. The van der Waals surface area contributed by atoms with E-state index in [1.165, 1.54) is 0 Å². The third kappa shape index (κ3) is 4.48. The molecule has 0 bridgehead atoms. The van der Waals surface area contributed by atoms with Gasteiger partial charge in [-0.1, -0.05) is 13.3 Å². The Morgan fingerprint density at radius 1 is 1.17 bits per heavy atom. The zero-order chi connectivity index (χ0) is 16.8. The van der Waals surface area contributed by atoms with Crippen molar-refractivity contribution in [2.75, 3.05) is 19.8 Å². The van der Waals surface area contributed by atoms with Crippen LogP contribution in [0.2, 0.25) is 0 Å². The van der Waals surface area contributed by atoms with Crippen LogP contribution in [0.4, 0.5) is 0 Å². The van der Waals surface area contributed by atoms with Crippen LogP contribution in [-0.4, -0.2) is 44.0 Å². The van der Waals surface area contributed by atoms with E-state index in [1.54, 1.807) is 0 Å². The molecule has 1 saturated heterocycles. The minimum atomic E-state index is -0.0321. The summed E-state index contributed by atoms with van der Waals surface area (Å²) in [7, 11) is 0. The van der Waals surface area contributed by atoms with Crippen molar-refractivity contribution in [1.29, 1.82) is 0 Å². The standard InChI is InChI=1S/C19H27NO4/c1-2-3-10-22-16-7-4-14(5-8-16)19(21)20-15-6-9-17-18(13-15)24-12-11-23-17/h4-5,7-8,15,17-18H,2-3,6,9-13H2,1H3,(H,20,21). The Balaban J connectivity index is 1.49. The third-order valence-electron chi connectivity index (χ3n) is 4.70. The Morgan fingerprint density at radius 3 is 2.67 bits per heavy atom. The van der Waals surface area contributed by atoms with Gasteiger partial charge in [-0.25, -0.2) is 0 Å². The summed E-state index contributed by atoms with van der Waals surface area (Å²) in [6.07, 6.45) is 5.18. The highest BCUT2D eigenvalue weighted by atomic mass is 16.6. The molecule has 1 aromatic rings. The smallest absolute Gasteiger partial charge is 0.251 e. The number of benzene rings is 1. The van der Waals surface area contributed by atoms with Crippen LogP contribution >= 0.6 is 0 Å². The summed E-state index contributed by atoms with van der Waals surface area (Å²) >= 11 is 0. The lowest BCUT2D eigenvalue weighted by molar-refractivity contribution is -0.157. The molecular formula is C19H27NO4. The van der Waals surface area contributed by atoms with Gasteiger partial charge in [0, 0.05) is 11.6 Å². The predicted octanol–water partition coefficient (Wildman–Crippen LogP) is 2.93. The zero-order valence-corrected chi connectivity index (χ0v) is 14.3. The molecule has 1 aromatic carbocycles. The van der Waals surface area contributed by atoms with Gasteiger partial charge in [0.15, 0.2) is 0 Å². The number of amides is 1. The lowest BCUT2D eigenvalue weighted by atomic mass is 9.89. The van der Waals surface area contributed by atoms with E-state index in [0.29, 0.717) is 18.8 Å². The maximum atomic E-state index is 12.4. The van der Waals surface area contributed by atoms with E-state index in [0.717, 1.165) is 44.5 Å². The van der Waals surface area contributed by atoms with Gasteiger partial charge >= 0.3 is 0 Å². The van der Waals surface area contributed by atoms with Crippen molar-refractivity contribution < 1.29 is 19.0 Å². The molecular weight excluding hydrogens is 306 g/mol. The van der Waals surface area contributed by atoms with Crippen molar-refractivity contribution in [3.63, 3.8) is 0 Å². The van der Waals surface area contributed by atoms with Crippen LogP contribution in [0.25, 0.3) is 0 Å². The molecule has 2 fully saturated rings. The van der Waals surface area contributed by atoms with E-state index >= 15 is 0 Å². The molecule has 1 aliphatic carbocycles. The SMILES string of the molecule is CCCCOc1ccc(C(=O)NC2CCC3OCCOC3C2)cc1. The van der Waals surface area contributed by atoms with Gasteiger partial charge in [-0.3, -0.25) is 4.79 Å². The van der Waals surface area contributed by atoms with Crippen LogP contribution < -0.4 is 10.1 Å². The lowest BCUT2D eigenvalue weighted by Gasteiger charge is -2.39. The fourth-order valence-electron chi connectivity index (χ4n) is 3.30. The average molecular weight is 333 g/mol. The maximum absolute atomic E-state index is 12.4. The van der Waals surface area contributed by atoms with Crippen LogP contribution in [0.5, 0.6) is 5.75 Å². The van der Waals surface area contributed by atoms with Crippen LogP contribution in [0.3, 0.4) is 0 Å². The van der Waals surface area contributed by atoms with E-state index < -0.39 is 0 Å². The average Bonchev–Trinajstić information content (AvgIpc) is 2.62. The lowest BCUT2D eigenvalue weighted by Crippen LogP contribution is -2.49. The molecule has 0 radical (unpaired) electrons. The van der Waals surface area contributed by atoms with Gasteiger partial charge in [-0.05, 0) is 49.9 Å². The van der Waals surface area contributed by atoms with Gasteiger partial charge in [-0.15, -0.1) is 0 Å². The number of carbonyl (C=O) groups excluding carboxylic acids is 1. The molecule has 1 aliphatic heterocycles. The summed E-state index contributed by atoms with van der Waals surface area (Å²) in [6, 6.07) is 7.52. The van der Waals surface area contributed by atoms with E-state index in [1.807, 2.05) is 24.3 Å². The van der Waals surface area contributed by atoms with E-state index in [4.69, 9.17) is 14.2 Å². The highest BCUT2D eigenvalue weighted by Gasteiger charge is 2.34. The summed E-state index contributed by atoms with van der Waals surface area (Å²) in [4.78, 5) is 12.4. The Hall–Kier alpha value is -1.59. The van der Waals surface area contributed by atoms with Gasteiger partial charge < -0.3 is 19.5 Å². The number of rotatable bonds is 6. The first kappa shape index (κ1) is 17.2. The second-order valence-corrected chi connectivity index (χ2v) is 6.53. The van der Waals surface area contributed by atoms with Crippen molar-refractivity contribution in [3.8, 4) is 5.75 Å². The molecule has 0 spiro atoms. The number of carbonyl (C=O) groups is 1. The first-order valence-electron chi connectivity index (χ1n) is 9.03. The van der Waals surface area contributed by atoms with Crippen LogP contribution in [0.1, 0.15) is 49.4 Å². The fourth-order valence-corrected chi connectivity index (χ4v) is 3.30. The van der Waals surface area contributed by atoms with Crippen molar-refractivity contribution in [3.05, 3.63) is 29.8 Å². The Bertz CT molecular complexity index is 531. The van der Waals surface area contributed by atoms with E-state index in [-0.39, 0.29) is 24.2 Å². The molecule has 3 unspecified atom stereocenters. The Kier molecular flexibility index (Phi) is 6.10. The summed E-state index contributed by atoms with van der Waals surface area (Å²) < 4.78 is 17.1. The zero-order valence-electron chi connectivity index (χ0n) is 14.3. The first-order chi connectivity index (χ1) is 11.8. The highest BCUT2D eigenvalue weighted by Crippen LogP contribution is 2.27. The van der Waals surface area contributed by atoms with Crippen LogP contribution in [0, 0.1) is 0 Å². The van der Waals surface area contributed by atoms with Crippen molar-refractivity contribution in [1.82, 2.24) is 5.32 Å². The van der Waals surface area contributed by atoms with Gasteiger partial charge in [0.25, 0.3) is 5.91 Å². The number of nitrogens with one attached hydrogen (secondary N) is 1. The fraction of sp³-hybridized carbons (Fsp3) is 0.632. The number of fused-ring (bicyclic) bond motifs is 1. The maximum Gasteiger partial charge on any atom is 0.251 e. The van der Waals surface area contributed by atoms with Gasteiger partial charge in [0.2, 0.25) is 0 Å². The largest absolute Gasteiger partial charge is 0.494 e. The quantitative estimate of drug-likeness (QED) is 0.813. The first-order valence-corrected chi connectivity index (χ1v) is 9.03. The van der Waals surface area contributed by atoms with Gasteiger partial charge in [-0.2, -0.15) is 0 Å². The Morgan fingerprint density at radius 2 is 1.92 bits per heavy atom.